The standard InChI is InChI=1S/C11H11N11.2CH4O/c12-8-17-6(18-9(13)21-8)4-2-1-3-5(16-4)7-19-10(14)22-11(15)20-7;2*1-2/h1-3H,(H4,12,13,17,18,21)(H4,14,15,19,20,22);2*2H,1H3. The van der Waals surface area contributed by atoms with Gasteiger partial charge in [0.15, 0.2) is 11.6 Å². The topological polar surface area (TPSA) is 235 Å². The van der Waals surface area contributed by atoms with E-state index in [0.717, 1.165) is 14.2 Å². The lowest BCUT2D eigenvalue weighted by atomic mass is 10.2. The van der Waals surface area contributed by atoms with Gasteiger partial charge < -0.3 is 33.1 Å². The van der Waals surface area contributed by atoms with E-state index in [4.69, 9.17) is 33.1 Å². The molecule has 138 valence electrons. The first-order valence-electron chi connectivity index (χ1n) is 6.92. The number of pyridine rings is 1. The SMILES string of the molecule is CO.CO.Nc1nc(N)nc(-c2cccc(-c3nc(N)nc(N)n3)n2)n1. The summed E-state index contributed by atoms with van der Waals surface area (Å²) in [6.45, 7) is 0. The largest absolute Gasteiger partial charge is 0.400 e. The Morgan fingerprint density at radius 1 is 0.538 bits per heavy atom. The van der Waals surface area contributed by atoms with Gasteiger partial charge in [-0.15, -0.1) is 0 Å². The van der Waals surface area contributed by atoms with Crippen LogP contribution in [0, 0.1) is 0 Å². The molecule has 3 rings (SSSR count). The lowest BCUT2D eigenvalue weighted by Crippen LogP contribution is -2.06. The number of aliphatic hydroxyl groups is 2. The Hall–Kier alpha value is -3.71. The second-order valence-electron chi connectivity index (χ2n) is 4.16. The van der Waals surface area contributed by atoms with Gasteiger partial charge in [0.25, 0.3) is 0 Å². The number of aliphatic hydroxyl groups excluding tert-OH is 2. The minimum absolute atomic E-state index is 0.00310. The summed E-state index contributed by atoms with van der Waals surface area (Å²) in [6.07, 6.45) is 0. The molecular formula is C13H19N11O2. The fourth-order valence-corrected chi connectivity index (χ4v) is 1.73. The summed E-state index contributed by atoms with van der Waals surface area (Å²) in [5.74, 6) is 0.488. The molecule has 0 aromatic carbocycles. The van der Waals surface area contributed by atoms with Crippen LogP contribution in [0.2, 0.25) is 0 Å². The molecule has 0 fully saturated rings. The van der Waals surface area contributed by atoms with Crippen LogP contribution in [-0.4, -0.2) is 59.3 Å². The summed E-state index contributed by atoms with van der Waals surface area (Å²) in [7, 11) is 2.00. The van der Waals surface area contributed by atoms with Gasteiger partial charge in [-0.2, -0.15) is 29.9 Å². The molecule has 0 unspecified atom stereocenters. The molecule has 3 aromatic heterocycles. The van der Waals surface area contributed by atoms with Gasteiger partial charge in [-0.1, -0.05) is 6.07 Å². The highest BCUT2D eigenvalue weighted by molar-refractivity contribution is 5.59. The molecule has 0 aliphatic carbocycles. The highest BCUT2D eigenvalue weighted by atomic mass is 16.2. The summed E-state index contributed by atoms with van der Waals surface area (Å²) in [4.78, 5) is 27.7. The summed E-state index contributed by atoms with van der Waals surface area (Å²) >= 11 is 0. The Labute approximate surface area is 148 Å². The van der Waals surface area contributed by atoms with Gasteiger partial charge in [0.1, 0.15) is 11.4 Å². The van der Waals surface area contributed by atoms with E-state index in [2.05, 4.69) is 34.9 Å². The van der Waals surface area contributed by atoms with Crippen molar-refractivity contribution in [3.63, 3.8) is 0 Å². The van der Waals surface area contributed by atoms with E-state index in [1.807, 2.05) is 0 Å². The maximum absolute atomic E-state index is 7.00. The minimum Gasteiger partial charge on any atom is -0.400 e. The van der Waals surface area contributed by atoms with Crippen LogP contribution >= 0.6 is 0 Å². The van der Waals surface area contributed by atoms with Gasteiger partial charge in [-0.05, 0) is 12.1 Å². The molecular weight excluding hydrogens is 342 g/mol. The van der Waals surface area contributed by atoms with Crippen LogP contribution in [0.15, 0.2) is 18.2 Å². The summed E-state index contributed by atoms with van der Waals surface area (Å²) in [6, 6.07) is 5.10. The van der Waals surface area contributed by atoms with Gasteiger partial charge in [0, 0.05) is 14.2 Å². The van der Waals surface area contributed by atoms with Crippen LogP contribution in [0.3, 0.4) is 0 Å². The predicted molar refractivity (Wildman–Crippen MR) is 95.8 cm³/mol. The van der Waals surface area contributed by atoms with Crippen molar-refractivity contribution in [3.05, 3.63) is 18.2 Å². The first-order chi connectivity index (χ1) is 12.5. The maximum Gasteiger partial charge on any atom is 0.225 e. The van der Waals surface area contributed by atoms with E-state index < -0.39 is 0 Å². The molecule has 0 aliphatic rings. The van der Waals surface area contributed by atoms with Crippen LogP contribution in [-0.2, 0) is 0 Å². The zero-order chi connectivity index (χ0) is 19.7. The molecule has 3 heterocycles. The van der Waals surface area contributed by atoms with Crippen LogP contribution in [0.1, 0.15) is 0 Å². The Morgan fingerprint density at radius 3 is 1.15 bits per heavy atom. The zero-order valence-electron chi connectivity index (χ0n) is 14.1. The van der Waals surface area contributed by atoms with Crippen molar-refractivity contribution >= 4 is 23.8 Å². The monoisotopic (exact) mass is 361 g/mol. The Bertz CT molecular complexity index is 752. The highest BCUT2D eigenvalue weighted by Crippen LogP contribution is 2.19. The minimum atomic E-state index is 0.00310. The summed E-state index contributed by atoms with van der Waals surface area (Å²) in [5, 5.41) is 14.0. The van der Waals surface area contributed by atoms with Gasteiger partial charge in [0.05, 0.1) is 0 Å². The van der Waals surface area contributed by atoms with E-state index in [9.17, 15) is 0 Å². The molecule has 26 heavy (non-hydrogen) atoms. The number of anilines is 4. The van der Waals surface area contributed by atoms with E-state index >= 15 is 0 Å². The number of hydrogen-bond acceptors (Lipinski definition) is 13. The van der Waals surface area contributed by atoms with Gasteiger partial charge in [-0.3, -0.25) is 0 Å². The number of hydrogen-bond donors (Lipinski definition) is 6. The first-order valence-corrected chi connectivity index (χ1v) is 6.92. The van der Waals surface area contributed by atoms with Crippen LogP contribution in [0.4, 0.5) is 23.8 Å². The quantitative estimate of drug-likeness (QED) is 0.300. The number of nitrogens with two attached hydrogens (primary N) is 4. The lowest BCUT2D eigenvalue weighted by molar-refractivity contribution is 0.399. The first kappa shape index (κ1) is 20.3. The van der Waals surface area contributed by atoms with Crippen molar-refractivity contribution in [1.82, 2.24) is 34.9 Å². The Kier molecular flexibility index (Phi) is 7.47. The maximum atomic E-state index is 7.00. The second kappa shape index (κ2) is 9.55. The highest BCUT2D eigenvalue weighted by Gasteiger charge is 2.11. The third-order valence-corrected chi connectivity index (χ3v) is 2.55. The molecule has 0 aliphatic heterocycles. The summed E-state index contributed by atoms with van der Waals surface area (Å²) in [5.41, 5.74) is 23.1. The fraction of sp³-hybridized carbons (Fsp3) is 0.154. The van der Waals surface area contributed by atoms with Crippen molar-refractivity contribution in [1.29, 1.82) is 0 Å². The molecule has 10 N–H and O–H groups in total. The molecule has 0 amide bonds. The van der Waals surface area contributed by atoms with Crippen molar-refractivity contribution in [2.45, 2.75) is 0 Å². The molecule has 0 saturated heterocycles. The van der Waals surface area contributed by atoms with E-state index in [1.54, 1.807) is 18.2 Å². The number of nitrogens with zero attached hydrogens (tertiary/aromatic N) is 7. The number of nitrogen functional groups attached to an aromatic ring is 4. The third-order valence-electron chi connectivity index (χ3n) is 2.55. The predicted octanol–water partition coefficient (Wildman–Crippen LogP) is -1.67. The van der Waals surface area contributed by atoms with Crippen molar-refractivity contribution < 1.29 is 10.2 Å². The smallest absolute Gasteiger partial charge is 0.225 e. The second-order valence-corrected chi connectivity index (χ2v) is 4.16. The van der Waals surface area contributed by atoms with Crippen LogP contribution in [0.25, 0.3) is 23.0 Å². The van der Waals surface area contributed by atoms with E-state index in [-0.39, 0.29) is 35.4 Å². The van der Waals surface area contributed by atoms with Gasteiger partial charge in [0.2, 0.25) is 23.8 Å². The number of aromatic nitrogens is 7. The molecule has 0 atom stereocenters. The van der Waals surface area contributed by atoms with Crippen LogP contribution < -0.4 is 22.9 Å². The van der Waals surface area contributed by atoms with E-state index in [0.29, 0.717) is 11.4 Å². The molecule has 13 heteroatoms. The Balaban J connectivity index is 0.000000791. The zero-order valence-corrected chi connectivity index (χ0v) is 14.1. The normalized spacial score (nSPS) is 9.38. The molecule has 0 saturated carbocycles. The lowest BCUT2D eigenvalue weighted by Gasteiger charge is -2.05. The van der Waals surface area contributed by atoms with Crippen LogP contribution in [0.5, 0.6) is 0 Å². The fourth-order valence-electron chi connectivity index (χ4n) is 1.73. The molecule has 0 radical (unpaired) electrons. The van der Waals surface area contributed by atoms with Gasteiger partial charge in [-0.25, -0.2) is 4.98 Å². The molecule has 3 aromatic rings. The molecule has 0 spiro atoms. The molecule has 13 nitrogen and oxygen atoms in total. The molecule has 0 bridgehead atoms. The summed E-state index contributed by atoms with van der Waals surface area (Å²) < 4.78 is 0. The Morgan fingerprint density at radius 2 is 0.846 bits per heavy atom. The van der Waals surface area contributed by atoms with Crippen molar-refractivity contribution in [3.8, 4) is 23.0 Å². The van der Waals surface area contributed by atoms with Crippen molar-refractivity contribution in [2.75, 3.05) is 37.2 Å². The average Bonchev–Trinajstić information content (AvgIpc) is 2.64. The average molecular weight is 361 g/mol. The number of rotatable bonds is 2. The van der Waals surface area contributed by atoms with E-state index in [1.165, 1.54) is 0 Å². The van der Waals surface area contributed by atoms with Crippen molar-refractivity contribution in [2.24, 2.45) is 0 Å². The third kappa shape index (κ3) is 5.15. The van der Waals surface area contributed by atoms with Gasteiger partial charge >= 0.3 is 0 Å².